The highest BCUT2D eigenvalue weighted by Gasteiger charge is 2.34. The van der Waals surface area contributed by atoms with Crippen LogP contribution in [0.4, 0.5) is 9.18 Å². The molecule has 0 aliphatic carbocycles. The molecule has 0 spiro atoms. The molecular weight excluding hydrogens is 647 g/mol. The third-order valence-electron chi connectivity index (χ3n) is 7.36. The molecule has 0 radical (unpaired) electrons. The van der Waals surface area contributed by atoms with E-state index < -0.39 is 37.7 Å². The van der Waals surface area contributed by atoms with Gasteiger partial charge in [0.05, 0.1) is 29.4 Å². The molecule has 238 valence electrons. The lowest BCUT2D eigenvalue weighted by Gasteiger charge is -2.32. The largest absolute Gasteiger partial charge is 0.465 e. The van der Waals surface area contributed by atoms with Crippen LogP contribution >= 0.6 is 11.6 Å². The molecule has 1 saturated heterocycles. The van der Waals surface area contributed by atoms with E-state index in [0.717, 1.165) is 10.5 Å². The van der Waals surface area contributed by atoms with Gasteiger partial charge >= 0.3 is 6.09 Å². The average Bonchev–Trinajstić information content (AvgIpc) is 3.47. The topological polar surface area (TPSA) is 152 Å². The number of rotatable bonds is 8. The Labute approximate surface area is 265 Å². The number of sulfonamides is 2. The van der Waals surface area contributed by atoms with Crippen LogP contribution in [-0.2, 0) is 20.0 Å². The predicted octanol–water partition coefficient (Wildman–Crippen LogP) is 3.24. The Kier molecular flexibility index (Phi) is 9.72. The van der Waals surface area contributed by atoms with Crippen molar-refractivity contribution < 1.29 is 31.1 Å². The molecule has 12 nitrogen and oxygen atoms in total. The number of guanidine groups is 1. The van der Waals surface area contributed by atoms with Gasteiger partial charge in [0.25, 0.3) is 10.0 Å². The van der Waals surface area contributed by atoms with Crippen molar-refractivity contribution in [3.8, 4) is 0 Å². The molecule has 16 heteroatoms. The highest BCUT2D eigenvalue weighted by atomic mass is 35.5. The van der Waals surface area contributed by atoms with E-state index in [2.05, 4.69) is 9.71 Å². The van der Waals surface area contributed by atoms with Crippen LogP contribution in [0.3, 0.4) is 0 Å². The maximum atomic E-state index is 13.8. The Morgan fingerprint density at radius 1 is 0.956 bits per heavy atom. The van der Waals surface area contributed by atoms with Crippen molar-refractivity contribution in [1.29, 1.82) is 0 Å². The fourth-order valence-corrected chi connectivity index (χ4v) is 7.42. The van der Waals surface area contributed by atoms with Gasteiger partial charge in [-0.1, -0.05) is 54.1 Å². The lowest BCUT2D eigenvalue weighted by Crippen LogP contribution is -2.50. The van der Waals surface area contributed by atoms with Crippen molar-refractivity contribution >= 4 is 49.4 Å². The summed E-state index contributed by atoms with van der Waals surface area (Å²) in [4.78, 5) is 16.6. The fourth-order valence-electron chi connectivity index (χ4n) is 4.97. The lowest BCUT2D eigenvalue weighted by atomic mass is 9.91. The second kappa shape index (κ2) is 13.5. The number of aliphatic imine (C=N–C) groups is 1. The van der Waals surface area contributed by atoms with E-state index in [1.165, 1.54) is 45.7 Å². The minimum absolute atomic E-state index is 0.00457. The van der Waals surface area contributed by atoms with Gasteiger partial charge in [-0.05, 0) is 47.5 Å². The number of amides is 1. The van der Waals surface area contributed by atoms with Crippen molar-refractivity contribution in [2.45, 2.75) is 10.8 Å². The summed E-state index contributed by atoms with van der Waals surface area (Å²) in [6.45, 7) is -0.0648. The lowest BCUT2D eigenvalue weighted by molar-refractivity contribution is 0.126. The van der Waals surface area contributed by atoms with Crippen molar-refractivity contribution in [3.63, 3.8) is 0 Å². The molecule has 2 aliphatic heterocycles. The van der Waals surface area contributed by atoms with Crippen molar-refractivity contribution in [1.82, 2.24) is 18.9 Å². The first kappa shape index (κ1) is 32.3. The van der Waals surface area contributed by atoms with Crippen molar-refractivity contribution in [2.75, 3.05) is 45.0 Å². The van der Waals surface area contributed by atoms with E-state index in [0.29, 0.717) is 16.3 Å². The highest BCUT2D eigenvalue weighted by molar-refractivity contribution is 7.90. The zero-order chi connectivity index (χ0) is 32.2. The van der Waals surface area contributed by atoms with Crippen LogP contribution in [0, 0.1) is 5.82 Å². The molecule has 1 atom stereocenters. The molecule has 3 aromatic carbocycles. The molecule has 1 amide bonds. The van der Waals surface area contributed by atoms with Crippen LogP contribution in [0.25, 0.3) is 0 Å². The number of hydrazone groups is 1. The second-order valence-corrected chi connectivity index (χ2v) is 14.5. The maximum absolute atomic E-state index is 13.8. The molecule has 0 saturated carbocycles. The molecule has 2 heterocycles. The van der Waals surface area contributed by atoms with Crippen molar-refractivity contribution in [2.24, 2.45) is 10.1 Å². The van der Waals surface area contributed by atoms with Gasteiger partial charge in [-0.15, -0.1) is 0 Å². The normalized spacial score (nSPS) is 18.1. The number of carboxylic acid groups (broad SMARTS) is 1. The Balaban J connectivity index is 1.45. The van der Waals surface area contributed by atoms with E-state index >= 15 is 0 Å². The molecule has 0 bridgehead atoms. The van der Waals surface area contributed by atoms with Crippen LogP contribution in [-0.4, -0.2) is 98.9 Å². The van der Waals surface area contributed by atoms with Gasteiger partial charge in [-0.25, -0.2) is 40.7 Å². The number of carbonyl (C=O) groups is 1. The van der Waals surface area contributed by atoms with Crippen molar-refractivity contribution in [3.05, 3.63) is 101 Å². The molecule has 1 unspecified atom stereocenters. The van der Waals surface area contributed by atoms with Crippen LogP contribution in [0.15, 0.2) is 93.9 Å². The Morgan fingerprint density at radius 3 is 2.22 bits per heavy atom. The summed E-state index contributed by atoms with van der Waals surface area (Å²) in [6, 6.07) is 20.7. The van der Waals surface area contributed by atoms with Crippen LogP contribution < -0.4 is 4.72 Å². The van der Waals surface area contributed by atoms with Gasteiger partial charge in [-0.2, -0.15) is 9.41 Å². The number of halogens is 2. The molecule has 5 rings (SSSR count). The Bertz CT molecular complexity index is 1800. The number of nitrogens with one attached hydrogen (secondary N) is 1. The smallest absolute Gasteiger partial charge is 0.407 e. The first-order valence-electron chi connectivity index (χ1n) is 13.9. The predicted molar refractivity (Wildman–Crippen MR) is 168 cm³/mol. The number of piperazine rings is 1. The van der Waals surface area contributed by atoms with Crippen LogP contribution in [0.5, 0.6) is 0 Å². The number of hydrogen-bond donors (Lipinski definition) is 2. The molecular formula is C29H30ClFN6O6S2. The summed E-state index contributed by atoms with van der Waals surface area (Å²) < 4.78 is 70.4. The Morgan fingerprint density at radius 2 is 1.60 bits per heavy atom. The monoisotopic (exact) mass is 676 g/mol. The standard InChI is InChI=1S/C29H30ClFN6O6S2/c30-23-8-12-25(13-9-23)45(42,43)34-28(32-14-19-44(40,41)36-17-15-35(16-18-36)29(38)39)37-20-26(21-4-2-1-3-5-21)27(33-37)22-6-10-24(31)11-7-22/h1-13,26H,14-20H2,(H,32,34)(H,38,39). The molecule has 45 heavy (non-hydrogen) atoms. The minimum atomic E-state index is -4.21. The van der Waals surface area contributed by atoms with E-state index in [9.17, 15) is 26.0 Å². The fraction of sp³-hybridized carbons (Fsp3) is 0.276. The maximum Gasteiger partial charge on any atom is 0.407 e. The third-order valence-corrected chi connectivity index (χ3v) is 10.8. The summed E-state index contributed by atoms with van der Waals surface area (Å²) in [5.74, 6) is -1.42. The summed E-state index contributed by atoms with van der Waals surface area (Å²) in [5, 5.41) is 15.6. The van der Waals surface area contributed by atoms with E-state index in [-0.39, 0.29) is 56.0 Å². The summed E-state index contributed by atoms with van der Waals surface area (Å²) in [6.07, 6.45) is -1.12. The molecule has 3 aromatic rings. The second-order valence-electron chi connectivity index (χ2n) is 10.3. The van der Waals surface area contributed by atoms with Gasteiger partial charge in [0.2, 0.25) is 16.0 Å². The quantitative estimate of drug-likeness (QED) is 0.275. The Hall–Kier alpha value is -4.05. The zero-order valence-corrected chi connectivity index (χ0v) is 26.2. The summed E-state index contributed by atoms with van der Waals surface area (Å²) in [7, 11) is -8.04. The number of nitrogens with zero attached hydrogens (tertiary/aromatic N) is 5. The van der Waals surface area contributed by atoms with Gasteiger partial charge < -0.3 is 10.0 Å². The number of hydrogen-bond acceptors (Lipinski definition) is 7. The van der Waals surface area contributed by atoms with E-state index in [1.54, 1.807) is 12.1 Å². The van der Waals surface area contributed by atoms with Crippen LogP contribution in [0.2, 0.25) is 5.02 Å². The summed E-state index contributed by atoms with van der Waals surface area (Å²) >= 11 is 5.95. The van der Waals surface area contributed by atoms with E-state index in [1.807, 2.05) is 30.3 Å². The highest BCUT2D eigenvalue weighted by Crippen LogP contribution is 2.29. The van der Waals surface area contributed by atoms with E-state index in [4.69, 9.17) is 21.8 Å². The number of benzene rings is 3. The molecule has 2 aliphatic rings. The SMILES string of the molecule is O=C(O)N1CCN(S(=O)(=O)CCN=C(NS(=O)(=O)c2ccc(Cl)cc2)N2CC(c3ccccc3)C(c3ccc(F)cc3)=N2)CC1. The average molecular weight is 677 g/mol. The van der Waals surface area contributed by atoms with Gasteiger partial charge in [0, 0.05) is 37.1 Å². The molecule has 0 aromatic heterocycles. The molecule has 2 N–H and O–H groups in total. The van der Waals surface area contributed by atoms with Gasteiger partial charge in [0.1, 0.15) is 5.82 Å². The first-order chi connectivity index (χ1) is 21.4. The first-order valence-corrected chi connectivity index (χ1v) is 17.4. The van der Waals surface area contributed by atoms with Gasteiger partial charge in [-0.3, -0.25) is 0 Å². The molecule has 1 fully saturated rings. The zero-order valence-electron chi connectivity index (χ0n) is 23.8. The van der Waals surface area contributed by atoms with Gasteiger partial charge in [0.15, 0.2) is 0 Å². The minimum Gasteiger partial charge on any atom is -0.465 e. The third kappa shape index (κ3) is 7.79. The summed E-state index contributed by atoms with van der Waals surface area (Å²) in [5.41, 5.74) is 2.05. The van der Waals surface area contributed by atoms with Crippen LogP contribution in [0.1, 0.15) is 17.0 Å².